The minimum atomic E-state index is -0.981. The second-order valence-corrected chi connectivity index (χ2v) is 15.6. The lowest BCUT2D eigenvalue weighted by Crippen LogP contribution is -2.67. The highest BCUT2D eigenvalue weighted by Crippen LogP contribution is 2.46. The molecule has 10 heteroatoms. The van der Waals surface area contributed by atoms with E-state index >= 15 is 0 Å². The van der Waals surface area contributed by atoms with Gasteiger partial charge < -0.3 is 19.9 Å². The van der Waals surface area contributed by atoms with E-state index in [4.69, 9.17) is 32.5 Å². The third kappa shape index (κ3) is 7.48. The average molecular weight is 622 g/mol. The number of hydrogen-bond acceptors (Lipinski definition) is 5. The summed E-state index contributed by atoms with van der Waals surface area (Å²) in [6.45, 7) is 16.6. The molecule has 3 unspecified atom stereocenters. The fourth-order valence-corrected chi connectivity index (χ4v) is 7.39. The maximum atomic E-state index is 14.2. The predicted molar refractivity (Wildman–Crippen MR) is 171 cm³/mol. The van der Waals surface area contributed by atoms with Gasteiger partial charge in [0.2, 0.25) is 11.8 Å². The largest absolute Gasteiger partial charge is 0.457 e. The molecule has 0 radical (unpaired) electrons. The number of nitrogens with one attached hydrogen (secondary N) is 2. The Kier molecular flexibility index (Phi) is 10.1. The van der Waals surface area contributed by atoms with Gasteiger partial charge >= 0.3 is 7.12 Å². The summed E-state index contributed by atoms with van der Waals surface area (Å²) in [6.07, 6.45) is 6.82. The predicted octanol–water partition coefficient (Wildman–Crippen LogP) is 6.79. The Labute approximate surface area is 263 Å². The van der Waals surface area contributed by atoms with Crippen LogP contribution in [0.15, 0.2) is 18.2 Å². The van der Waals surface area contributed by atoms with E-state index in [2.05, 4.69) is 43.2 Å². The van der Waals surface area contributed by atoms with E-state index in [9.17, 15) is 9.59 Å². The van der Waals surface area contributed by atoms with Crippen molar-refractivity contribution in [2.45, 2.75) is 148 Å². The Morgan fingerprint density at radius 2 is 1.57 bits per heavy atom. The van der Waals surface area contributed by atoms with Crippen molar-refractivity contribution in [1.29, 1.82) is 0 Å². The smallest absolute Gasteiger partial charge is 0.403 e. The summed E-state index contributed by atoms with van der Waals surface area (Å²) in [7, 11) is -0.269. The van der Waals surface area contributed by atoms with E-state index in [0.29, 0.717) is 28.5 Å². The number of nitrogens with zero attached hydrogens (tertiary/aromatic N) is 1. The number of halogens is 2. The van der Waals surface area contributed by atoms with E-state index in [1.54, 1.807) is 0 Å². The van der Waals surface area contributed by atoms with Crippen LogP contribution in [0.25, 0.3) is 0 Å². The standard InChI is InChI=1S/C32H50BCl2N3O4/c1-21(39)36-32(28(40)37-29(2,3)4,15-9-10-16-33-41-30(5,6)31(7,8)42-33)23-18-24-12-13-25(19-23)38(24)20-22-11-14-26(34)27(35)17-22/h11,14,17,23-25H,9-10,12-13,15-16,18-20H2,1-8H3,(H,36,39)(H,37,40). The Balaban J connectivity index is 1.51. The van der Waals surface area contributed by atoms with Crippen LogP contribution in [-0.2, 0) is 25.4 Å². The summed E-state index contributed by atoms with van der Waals surface area (Å²) in [5, 5.41) is 7.59. The maximum Gasteiger partial charge on any atom is 0.457 e. The number of benzene rings is 1. The van der Waals surface area contributed by atoms with Crippen LogP contribution in [0.2, 0.25) is 16.4 Å². The van der Waals surface area contributed by atoms with Crippen molar-refractivity contribution in [3.05, 3.63) is 33.8 Å². The monoisotopic (exact) mass is 621 g/mol. The van der Waals surface area contributed by atoms with Crippen LogP contribution < -0.4 is 10.6 Å². The summed E-state index contributed by atoms with van der Waals surface area (Å²) in [6, 6.07) is 6.52. The van der Waals surface area contributed by atoms with Gasteiger partial charge in [-0.1, -0.05) is 42.1 Å². The summed E-state index contributed by atoms with van der Waals surface area (Å²) in [4.78, 5) is 29.5. The molecule has 0 spiro atoms. The number of rotatable bonds is 10. The summed E-state index contributed by atoms with van der Waals surface area (Å²) in [5.41, 5.74) is -0.993. The Hall–Kier alpha value is -1.32. The molecule has 3 aliphatic rings. The van der Waals surface area contributed by atoms with Gasteiger partial charge in [-0.2, -0.15) is 0 Å². The molecule has 2 N–H and O–H groups in total. The first-order chi connectivity index (χ1) is 19.4. The van der Waals surface area contributed by atoms with Gasteiger partial charge in [-0.3, -0.25) is 14.5 Å². The lowest BCUT2D eigenvalue weighted by molar-refractivity contribution is -0.138. The van der Waals surface area contributed by atoms with Crippen molar-refractivity contribution < 1.29 is 18.9 Å². The second-order valence-electron chi connectivity index (χ2n) is 14.8. The zero-order valence-electron chi connectivity index (χ0n) is 26.7. The Bertz CT molecular complexity index is 1130. The number of hydrogen-bond donors (Lipinski definition) is 2. The summed E-state index contributed by atoms with van der Waals surface area (Å²) < 4.78 is 12.4. The van der Waals surface area contributed by atoms with Crippen LogP contribution in [0, 0.1) is 5.92 Å². The van der Waals surface area contributed by atoms with Crippen LogP contribution >= 0.6 is 23.2 Å². The first kappa shape index (κ1) is 33.6. The number of carbonyl (C=O) groups is 2. The van der Waals surface area contributed by atoms with Crippen molar-refractivity contribution in [2.75, 3.05) is 0 Å². The third-order valence-electron chi connectivity index (χ3n) is 9.79. The zero-order valence-corrected chi connectivity index (χ0v) is 28.3. The Morgan fingerprint density at radius 3 is 2.10 bits per heavy atom. The van der Waals surface area contributed by atoms with Crippen LogP contribution in [0.3, 0.4) is 0 Å². The number of carbonyl (C=O) groups excluding carboxylic acids is 2. The maximum absolute atomic E-state index is 14.2. The van der Waals surface area contributed by atoms with Gasteiger partial charge in [0.25, 0.3) is 0 Å². The third-order valence-corrected chi connectivity index (χ3v) is 10.5. The van der Waals surface area contributed by atoms with Crippen molar-refractivity contribution in [1.82, 2.24) is 15.5 Å². The van der Waals surface area contributed by atoms with Gasteiger partial charge in [0.05, 0.1) is 21.2 Å². The molecular formula is C32H50BCl2N3O4. The summed E-state index contributed by atoms with van der Waals surface area (Å²) >= 11 is 12.5. The molecule has 3 heterocycles. The van der Waals surface area contributed by atoms with E-state index in [-0.39, 0.29) is 36.1 Å². The first-order valence-electron chi connectivity index (χ1n) is 15.6. The molecule has 234 valence electrons. The van der Waals surface area contributed by atoms with E-state index in [0.717, 1.165) is 57.0 Å². The van der Waals surface area contributed by atoms with E-state index in [1.807, 2.05) is 39.0 Å². The van der Waals surface area contributed by atoms with Gasteiger partial charge in [0.1, 0.15) is 5.54 Å². The molecule has 0 saturated carbocycles. The molecule has 3 aliphatic heterocycles. The molecule has 2 bridgehead atoms. The van der Waals surface area contributed by atoms with Gasteiger partial charge in [-0.05, 0) is 111 Å². The highest BCUT2D eigenvalue weighted by molar-refractivity contribution is 6.45. The average Bonchev–Trinajstić information content (AvgIpc) is 3.19. The molecule has 2 amide bonds. The quantitative estimate of drug-likeness (QED) is 0.222. The van der Waals surface area contributed by atoms with Crippen LogP contribution in [0.5, 0.6) is 0 Å². The molecule has 7 nitrogen and oxygen atoms in total. The highest BCUT2D eigenvalue weighted by atomic mass is 35.5. The number of amides is 2. The molecular weight excluding hydrogens is 572 g/mol. The SMILES string of the molecule is CC(=O)NC(CCCCB1OC(C)(C)C(C)(C)O1)(C(=O)NC(C)(C)C)C1CC2CCC(C1)N2Cc1ccc(Cl)c(Cl)c1. The Morgan fingerprint density at radius 1 is 0.976 bits per heavy atom. The lowest BCUT2D eigenvalue weighted by atomic mass is 9.70. The lowest BCUT2D eigenvalue weighted by Gasteiger charge is -2.48. The van der Waals surface area contributed by atoms with E-state index in [1.165, 1.54) is 6.92 Å². The van der Waals surface area contributed by atoms with Crippen molar-refractivity contribution in [3.8, 4) is 0 Å². The highest BCUT2D eigenvalue weighted by Gasteiger charge is 2.53. The van der Waals surface area contributed by atoms with Crippen molar-refractivity contribution >= 4 is 42.1 Å². The number of fused-ring (bicyclic) bond motifs is 2. The number of unbranched alkanes of at least 4 members (excludes halogenated alkanes) is 1. The zero-order chi connectivity index (χ0) is 31.1. The molecule has 42 heavy (non-hydrogen) atoms. The van der Waals surface area contributed by atoms with Gasteiger partial charge in [0.15, 0.2) is 0 Å². The minimum absolute atomic E-state index is 0.0307. The molecule has 1 aromatic rings. The molecule has 0 aliphatic carbocycles. The summed E-state index contributed by atoms with van der Waals surface area (Å²) in [5.74, 6) is -0.220. The van der Waals surface area contributed by atoms with Crippen molar-refractivity contribution in [2.24, 2.45) is 5.92 Å². The fraction of sp³-hybridized carbons (Fsp3) is 0.750. The fourth-order valence-electron chi connectivity index (χ4n) is 7.07. The topological polar surface area (TPSA) is 79.9 Å². The van der Waals surface area contributed by atoms with Gasteiger partial charge in [-0.15, -0.1) is 0 Å². The van der Waals surface area contributed by atoms with Gasteiger partial charge in [0, 0.05) is 31.1 Å². The molecule has 0 aromatic heterocycles. The molecule has 4 rings (SSSR count). The van der Waals surface area contributed by atoms with Crippen LogP contribution in [-0.4, -0.2) is 58.2 Å². The van der Waals surface area contributed by atoms with Crippen molar-refractivity contribution in [3.63, 3.8) is 0 Å². The minimum Gasteiger partial charge on any atom is -0.403 e. The normalized spacial score (nSPS) is 26.6. The number of piperidine rings is 1. The molecule has 3 fully saturated rings. The first-order valence-corrected chi connectivity index (χ1v) is 16.3. The van der Waals surface area contributed by atoms with Crippen LogP contribution in [0.1, 0.15) is 106 Å². The van der Waals surface area contributed by atoms with E-state index < -0.39 is 11.1 Å². The molecule has 3 atom stereocenters. The molecule has 3 saturated heterocycles. The van der Waals surface area contributed by atoms with Crippen LogP contribution in [0.4, 0.5) is 0 Å². The molecule has 1 aromatic carbocycles. The second kappa shape index (κ2) is 12.6. The van der Waals surface area contributed by atoms with Gasteiger partial charge in [-0.25, -0.2) is 0 Å².